The van der Waals surface area contributed by atoms with E-state index in [1.54, 1.807) is 48.5 Å². The van der Waals surface area contributed by atoms with Crippen LogP contribution in [0.2, 0.25) is 5.02 Å². The molecule has 1 aromatic heterocycles. The summed E-state index contributed by atoms with van der Waals surface area (Å²) in [5.74, 6) is 0.247. The molecule has 0 atom stereocenters. The van der Waals surface area contributed by atoms with Gasteiger partial charge in [0.05, 0.1) is 25.0 Å². The third kappa shape index (κ3) is 6.14. The zero-order valence-corrected chi connectivity index (χ0v) is 23.8. The number of nitrogens with zero attached hydrogens (tertiary/aromatic N) is 1. The molecule has 0 fully saturated rings. The lowest BCUT2D eigenvalue weighted by Gasteiger charge is -2.12. The fraction of sp³-hybridized carbons (Fsp3) is 0.121. The van der Waals surface area contributed by atoms with Gasteiger partial charge in [-0.2, -0.15) is 5.10 Å². The Balaban J connectivity index is 1.36. The SMILES string of the molecule is CCOc1ccc(C(=O)Oc2ccccc2C=NNC(=O)c2[nH]c3ccccc3c2-c2ccccc2Cl)cc1OCC. The van der Waals surface area contributed by atoms with Gasteiger partial charge >= 0.3 is 5.97 Å². The monoisotopic (exact) mass is 581 g/mol. The molecule has 1 amide bonds. The van der Waals surface area contributed by atoms with Gasteiger partial charge in [0.15, 0.2) is 11.5 Å². The number of hydrogen-bond acceptors (Lipinski definition) is 6. The van der Waals surface area contributed by atoms with Crippen molar-refractivity contribution < 1.29 is 23.8 Å². The van der Waals surface area contributed by atoms with E-state index in [0.29, 0.717) is 52.1 Å². The van der Waals surface area contributed by atoms with Crippen LogP contribution in [0.15, 0.2) is 96.1 Å². The Hall–Kier alpha value is -5.08. The minimum atomic E-state index is -0.577. The average Bonchev–Trinajstić information content (AvgIpc) is 3.39. The van der Waals surface area contributed by atoms with E-state index in [1.165, 1.54) is 6.21 Å². The molecule has 42 heavy (non-hydrogen) atoms. The number of ether oxygens (including phenoxy) is 3. The Kier molecular flexibility index (Phi) is 8.84. The molecule has 9 heteroatoms. The van der Waals surface area contributed by atoms with Crippen molar-refractivity contribution in [1.82, 2.24) is 10.4 Å². The number of amides is 1. The molecule has 0 saturated carbocycles. The number of esters is 1. The Morgan fingerprint density at radius 1 is 0.857 bits per heavy atom. The number of aromatic nitrogens is 1. The van der Waals surface area contributed by atoms with E-state index in [9.17, 15) is 9.59 Å². The molecule has 8 nitrogen and oxygen atoms in total. The van der Waals surface area contributed by atoms with Crippen molar-refractivity contribution in [2.24, 2.45) is 5.10 Å². The van der Waals surface area contributed by atoms with Crippen molar-refractivity contribution in [2.75, 3.05) is 13.2 Å². The van der Waals surface area contributed by atoms with Crippen LogP contribution in [-0.2, 0) is 0 Å². The van der Waals surface area contributed by atoms with E-state index in [1.807, 2.05) is 56.3 Å². The molecule has 0 aliphatic heterocycles. The number of benzene rings is 4. The highest BCUT2D eigenvalue weighted by atomic mass is 35.5. The number of rotatable bonds is 10. The average molecular weight is 582 g/mol. The van der Waals surface area contributed by atoms with Gasteiger partial charge in [-0.1, -0.05) is 60.1 Å². The highest BCUT2D eigenvalue weighted by molar-refractivity contribution is 6.34. The van der Waals surface area contributed by atoms with E-state index in [4.69, 9.17) is 25.8 Å². The smallest absolute Gasteiger partial charge is 0.343 e. The lowest BCUT2D eigenvalue weighted by atomic mass is 10.0. The van der Waals surface area contributed by atoms with E-state index >= 15 is 0 Å². The normalized spacial score (nSPS) is 11.0. The standard InChI is InChI=1S/C33H28ClN3O5/c1-3-40-28-18-17-21(19-29(28)41-4-2)33(39)42-27-16-10-5-11-22(27)20-35-37-32(38)31-30(23-12-6-8-14-25(23)34)24-13-7-9-15-26(24)36-31/h5-20,36H,3-4H2,1-2H3,(H,37,38). The van der Waals surface area contributed by atoms with Gasteiger partial charge in [-0.3, -0.25) is 4.79 Å². The van der Waals surface area contributed by atoms with E-state index in [2.05, 4.69) is 15.5 Å². The van der Waals surface area contributed by atoms with Crippen LogP contribution in [-0.4, -0.2) is 36.3 Å². The molecule has 4 aromatic carbocycles. The Morgan fingerprint density at radius 2 is 1.57 bits per heavy atom. The molecule has 2 N–H and O–H groups in total. The van der Waals surface area contributed by atoms with Gasteiger partial charge in [-0.25, -0.2) is 10.2 Å². The summed E-state index contributed by atoms with van der Waals surface area (Å²) >= 11 is 6.50. The maximum absolute atomic E-state index is 13.3. The fourth-order valence-electron chi connectivity index (χ4n) is 4.49. The molecule has 0 aliphatic rings. The fourth-order valence-corrected chi connectivity index (χ4v) is 4.72. The topological polar surface area (TPSA) is 102 Å². The molecule has 212 valence electrons. The summed E-state index contributed by atoms with van der Waals surface area (Å²) in [5, 5.41) is 5.54. The summed E-state index contributed by atoms with van der Waals surface area (Å²) in [6.45, 7) is 4.61. The minimum absolute atomic E-state index is 0.273. The summed E-state index contributed by atoms with van der Waals surface area (Å²) in [5.41, 5.74) is 5.89. The number of hydrogen-bond donors (Lipinski definition) is 2. The molecule has 0 unspecified atom stereocenters. The number of nitrogens with one attached hydrogen (secondary N) is 2. The Bertz CT molecular complexity index is 1780. The van der Waals surface area contributed by atoms with Gasteiger partial charge in [-0.15, -0.1) is 0 Å². The zero-order chi connectivity index (χ0) is 29.5. The van der Waals surface area contributed by atoms with Crippen LogP contribution in [0, 0.1) is 0 Å². The van der Waals surface area contributed by atoms with Crippen molar-refractivity contribution in [3.63, 3.8) is 0 Å². The van der Waals surface area contributed by atoms with Crippen molar-refractivity contribution in [3.05, 3.63) is 113 Å². The predicted molar refractivity (Wildman–Crippen MR) is 164 cm³/mol. The lowest BCUT2D eigenvalue weighted by molar-refractivity contribution is 0.0733. The first-order valence-corrected chi connectivity index (χ1v) is 13.8. The molecular weight excluding hydrogens is 554 g/mol. The number of aromatic amines is 1. The first kappa shape index (κ1) is 28.4. The number of halogens is 1. The molecular formula is C33H28ClN3O5. The second kappa shape index (κ2) is 13.1. The van der Waals surface area contributed by atoms with Crippen LogP contribution in [0.25, 0.3) is 22.0 Å². The third-order valence-electron chi connectivity index (χ3n) is 6.35. The largest absolute Gasteiger partial charge is 0.490 e. The first-order valence-electron chi connectivity index (χ1n) is 13.4. The first-order chi connectivity index (χ1) is 20.5. The number of carbonyl (C=O) groups is 2. The van der Waals surface area contributed by atoms with Gasteiger partial charge in [0, 0.05) is 32.6 Å². The van der Waals surface area contributed by atoms with Gasteiger partial charge in [0.1, 0.15) is 11.4 Å². The van der Waals surface area contributed by atoms with E-state index < -0.39 is 11.9 Å². The number of H-pyrrole nitrogens is 1. The summed E-state index contributed by atoms with van der Waals surface area (Å²) in [7, 11) is 0. The predicted octanol–water partition coefficient (Wildman–Crippen LogP) is 7.27. The van der Waals surface area contributed by atoms with Gasteiger partial charge in [0.25, 0.3) is 5.91 Å². The zero-order valence-electron chi connectivity index (χ0n) is 23.0. The van der Waals surface area contributed by atoms with Crippen LogP contribution in [0.5, 0.6) is 17.2 Å². The maximum Gasteiger partial charge on any atom is 0.343 e. The number of carbonyl (C=O) groups excluding carboxylic acids is 2. The Labute approximate surface area is 247 Å². The molecule has 0 saturated heterocycles. The van der Waals surface area contributed by atoms with Gasteiger partial charge in [-0.05, 0) is 56.3 Å². The van der Waals surface area contributed by atoms with Crippen LogP contribution < -0.4 is 19.6 Å². The van der Waals surface area contributed by atoms with Crippen molar-refractivity contribution >= 4 is 40.6 Å². The highest BCUT2D eigenvalue weighted by Crippen LogP contribution is 2.36. The van der Waals surface area contributed by atoms with Crippen LogP contribution >= 0.6 is 11.6 Å². The lowest BCUT2D eigenvalue weighted by Crippen LogP contribution is -2.19. The van der Waals surface area contributed by atoms with Crippen LogP contribution in [0.1, 0.15) is 40.3 Å². The number of fused-ring (bicyclic) bond motifs is 1. The van der Waals surface area contributed by atoms with Crippen molar-refractivity contribution in [3.8, 4) is 28.4 Å². The van der Waals surface area contributed by atoms with Gasteiger partial charge < -0.3 is 19.2 Å². The van der Waals surface area contributed by atoms with Crippen molar-refractivity contribution in [2.45, 2.75) is 13.8 Å². The summed E-state index contributed by atoms with van der Waals surface area (Å²) < 4.78 is 16.9. The molecule has 0 spiro atoms. The van der Waals surface area contributed by atoms with E-state index in [-0.39, 0.29) is 5.75 Å². The second-order valence-corrected chi connectivity index (χ2v) is 9.46. The molecule has 5 rings (SSSR count). The molecule has 0 aliphatic carbocycles. The quantitative estimate of drug-likeness (QED) is 0.0781. The summed E-state index contributed by atoms with van der Waals surface area (Å²) in [6, 6.07) is 26.7. The molecule has 5 aromatic rings. The van der Waals surface area contributed by atoms with Crippen molar-refractivity contribution in [1.29, 1.82) is 0 Å². The third-order valence-corrected chi connectivity index (χ3v) is 6.68. The van der Waals surface area contributed by atoms with E-state index in [0.717, 1.165) is 16.5 Å². The number of para-hydroxylation sites is 2. The van der Waals surface area contributed by atoms with Crippen LogP contribution in [0.3, 0.4) is 0 Å². The maximum atomic E-state index is 13.3. The Morgan fingerprint density at radius 3 is 2.38 bits per heavy atom. The molecule has 1 heterocycles. The minimum Gasteiger partial charge on any atom is -0.490 e. The molecule has 0 bridgehead atoms. The number of hydrazone groups is 1. The summed E-state index contributed by atoms with van der Waals surface area (Å²) in [6.07, 6.45) is 1.42. The highest BCUT2D eigenvalue weighted by Gasteiger charge is 2.21. The van der Waals surface area contributed by atoms with Crippen LogP contribution in [0.4, 0.5) is 0 Å². The van der Waals surface area contributed by atoms with Gasteiger partial charge in [0.2, 0.25) is 0 Å². The molecule has 0 radical (unpaired) electrons. The summed E-state index contributed by atoms with van der Waals surface area (Å²) in [4.78, 5) is 29.5. The second-order valence-electron chi connectivity index (χ2n) is 9.05.